The van der Waals surface area contributed by atoms with E-state index in [1.807, 2.05) is 11.3 Å². The number of benzene rings is 1. The molecule has 23 heavy (non-hydrogen) atoms. The standard InChI is InChI=1S/C19H25NO2S/c1-21-13-11-20(14-17-8-5-12-22-17)15-18-9-10-19(23-18)16-6-3-2-4-7-16/h2-4,6-7,9-10,17H,5,8,11-15H2,1H3. The number of hydrogen-bond acceptors (Lipinski definition) is 4. The number of rotatable bonds is 8. The van der Waals surface area contributed by atoms with Crippen molar-refractivity contribution in [3.05, 3.63) is 47.3 Å². The third-order valence-electron chi connectivity index (χ3n) is 4.20. The molecule has 1 fully saturated rings. The summed E-state index contributed by atoms with van der Waals surface area (Å²) in [5, 5.41) is 0. The predicted molar refractivity (Wildman–Crippen MR) is 95.9 cm³/mol. The Morgan fingerprint density at radius 3 is 2.83 bits per heavy atom. The van der Waals surface area contributed by atoms with E-state index in [-0.39, 0.29) is 0 Å². The van der Waals surface area contributed by atoms with Crippen LogP contribution in [0.5, 0.6) is 0 Å². The molecule has 3 nitrogen and oxygen atoms in total. The third-order valence-corrected chi connectivity index (χ3v) is 5.32. The molecule has 0 amide bonds. The number of ether oxygens (including phenoxy) is 2. The van der Waals surface area contributed by atoms with E-state index >= 15 is 0 Å². The highest BCUT2D eigenvalue weighted by Crippen LogP contribution is 2.28. The molecule has 2 aromatic rings. The number of nitrogens with zero attached hydrogens (tertiary/aromatic N) is 1. The van der Waals surface area contributed by atoms with Crippen molar-refractivity contribution in [2.24, 2.45) is 0 Å². The first kappa shape index (κ1) is 16.7. The molecule has 1 unspecified atom stereocenters. The van der Waals surface area contributed by atoms with Gasteiger partial charge in [0.1, 0.15) is 0 Å². The molecule has 2 heterocycles. The molecule has 0 N–H and O–H groups in total. The highest BCUT2D eigenvalue weighted by Gasteiger charge is 2.19. The summed E-state index contributed by atoms with van der Waals surface area (Å²) in [5.41, 5.74) is 1.30. The third kappa shape index (κ3) is 4.88. The lowest BCUT2D eigenvalue weighted by Crippen LogP contribution is -2.34. The van der Waals surface area contributed by atoms with Crippen LogP contribution < -0.4 is 0 Å². The largest absolute Gasteiger partial charge is 0.383 e. The molecular weight excluding hydrogens is 306 g/mol. The van der Waals surface area contributed by atoms with Crippen LogP contribution in [0.2, 0.25) is 0 Å². The normalized spacial score (nSPS) is 17.9. The molecule has 1 saturated heterocycles. The van der Waals surface area contributed by atoms with Crippen molar-refractivity contribution >= 4 is 11.3 Å². The molecule has 0 saturated carbocycles. The van der Waals surface area contributed by atoms with Gasteiger partial charge in [0.05, 0.1) is 12.7 Å². The van der Waals surface area contributed by atoms with Gasteiger partial charge >= 0.3 is 0 Å². The van der Waals surface area contributed by atoms with Crippen LogP contribution in [-0.2, 0) is 16.0 Å². The van der Waals surface area contributed by atoms with E-state index in [1.165, 1.54) is 28.2 Å². The number of hydrogen-bond donors (Lipinski definition) is 0. The van der Waals surface area contributed by atoms with Crippen LogP contribution in [0.4, 0.5) is 0 Å². The van der Waals surface area contributed by atoms with Crippen molar-refractivity contribution in [2.45, 2.75) is 25.5 Å². The first-order valence-electron chi connectivity index (χ1n) is 8.32. The van der Waals surface area contributed by atoms with Gasteiger partial charge < -0.3 is 9.47 Å². The van der Waals surface area contributed by atoms with Crippen LogP contribution in [-0.4, -0.2) is 44.4 Å². The zero-order chi connectivity index (χ0) is 15.9. The van der Waals surface area contributed by atoms with Gasteiger partial charge in [0, 0.05) is 43.1 Å². The summed E-state index contributed by atoms with van der Waals surface area (Å²) in [4.78, 5) is 5.20. The van der Waals surface area contributed by atoms with E-state index in [1.54, 1.807) is 7.11 Å². The Kier molecular flexibility index (Phi) is 6.22. The summed E-state index contributed by atoms with van der Waals surface area (Å²) < 4.78 is 11.1. The Bertz CT molecular complexity index is 578. The minimum Gasteiger partial charge on any atom is -0.383 e. The molecule has 1 aromatic heterocycles. The maximum Gasteiger partial charge on any atom is 0.0703 e. The van der Waals surface area contributed by atoms with Crippen molar-refractivity contribution in [3.8, 4) is 10.4 Å². The van der Waals surface area contributed by atoms with Crippen molar-refractivity contribution in [1.29, 1.82) is 0 Å². The molecule has 3 rings (SSSR count). The monoisotopic (exact) mass is 331 g/mol. The van der Waals surface area contributed by atoms with Crippen LogP contribution in [0, 0.1) is 0 Å². The summed E-state index contributed by atoms with van der Waals surface area (Å²) >= 11 is 1.88. The van der Waals surface area contributed by atoms with Crippen LogP contribution >= 0.6 is 11.3 Å². The van der Waals surface area contributed by atoms with E-state index in [9.17, 15) is 0 Å². The Hall–Kier alpha value is -1.20. The molecule has 0 spiro atoms. The van der Waals surface area contributed by atoms with Gasteiger partial charge in [-0.1, -0.05) is 30.3 Å². The zero-order valence-electron chi connectivity index (χ0n) is 13.7. The van der Waals surface area contributed by atoms with E-state index in [0.29, 0.717) is 6.10 Å². The van der Waals surface area contributed by atoms with E-state index < -0.39 is 0 Å². The summed E-state index contributed by atoms with van der Waals surface area (Å²) in [6.07, 6.45) is 2.77. The Labute approximate surface area is 142 Å². The molecule has 0 bridgehead atoms. The fourth-order valence-corrected chi connectivity index (χ4v) is 4.03. The molecule has 1 atom stereocenters. The summed E-state index contributed by atoms with van der Waals surface area (Å²) in [6.45, 7) is 4.61. The highest BCUT2D eigenvalue weighted by molar-refractivity contribution is 7.15. The molecule has 1 aliphatic heterocycles. The molecule has 1 aliphatic rings. The van der Waals surface area contributed by atoms with Gasteiger partial charge in [-0.25, -0.2) is 0 Å². The zero-order valence-corrected chi connectivity index (χ0v) is 14.6. The van der Waals surface area contributed by atoms with E-state index in [0.717, 1.165) is 32.8 Å². The van der Waals surface area contributed by atoms with Crippen molar-refractivity contribution in [1.82, 2.24) is 4.90 Å². The second-order valence-corrected chi connectivity index (χ2v) is 7.16. The van der Waals surface area contributed by atoms with Gasteiger partial charge in [-0.05, 0) is 30.5 Å². The Morgan fingerprint density at radius 1 is 1.22 bits per heavy atom. The molecule has 1 aromatic carbocycles. The molecule has 0 aliphatic carbocycles. The van der Waals surface area contributed by atoms with Crippen molar-refractivity contribution in [2.75, 3.05) is 33.4 Å². The second-order valence-electron chi connectivity index (χ2n) is 5.99. The van der Waals surface area contributed by atoms with Crippen LogP contribution in [0.25, 0.3) is 10.4 Å². The van der Waals surface area contributed by atoms with Gasteiger partial charge in [-0.2, -0.15) is 0 Å². The lowest BCUT2D eigenvalue weighted by molar-refractivity contribution is 0.0592. The van der Waals surface area contributed by atoms with Crippen molar-refractivity contribution < 1.29 is 9.47 Å². The molecular formula is C19H25NO2S. The van der Waals surface area contributed by atoms with Gasteiger partial charge in [-0.3, -0.25) is 4.90 Å². The van der Waals surface area contributed by atoms with Gasteiger partial charge in [-0.15, -0.1) is 11.3 Å². The predicted octanol–water partition coefficient (Wildman–Crippen LogP) is 4.04. The lowest BCUT2D eigenvalue weighted by atomic mass is 10.2. The minimum absolute atomic E-state index is 0.389. The lowest BCUT2D eigenvalue weighted by Gasteiger charge is -2.24. The summed E-state index contributed by atoms with van der Waals surface area (Å²) in [5.74, 6) is 0. The Balaban J connectivity index is 1.63. The fourth-order valence-electron chi connectivity index (χ4n) is 2.97. The summed E-state index contributed by atoms with van der Waals surface area (Å²) in [7, 11) is 1.77. The minimum atomic E-state index is 0.389. The van der Waals surface area contributed by atoms with Crippen LogP contribution in [0.3, 0.4) is 0 Å². The van der Waals surface area contributed by atoms with Gasteiger partial charge in [0.25, 0.3) is 0 Å². The topological polar surface area (TPSA) is 21.7 Å². The van der Waals surface area contributed by atoms with Crippen molar-refractivity contribution in [3.63, 3.8) is 0 Å². The Morgan fingerprint density at radius 2 is 2.09 bits per heavy atom. The first-order chi connectivity index (χ1) is 11.3. The average molecular weight is 331 g/mol. The first-order valence-corrected chi connectivity index (χ1v) is 9.14. The molecule has 0 radical (unpaired) electrons. The summed E-state index contributed by atoms with van der Waals surface area (Å²) in [6, 6.07) is 15.1. The maximum absolute atomic E-state index is 5.80. The molecule has 124 valence electrons. The molecule has 4 heteroatoms. The fraction of sp³-hybridized carbons (Fsp3) is 0.474. The number of thiophene rings is 1. The quantitative estimate of drug-likeness (QED) is 0.728. The maximum atomic E-state index is 5.80. The smallest absolute Gasteiger partial charge is 0.0703 e. The second kappa shape index (κ2) is 8.60. The van der Waals surface area contributed by atoms with Crippen LogP contribution in [0.15, 0.2) is 42.5 Å². The average Bonchev–Trinajstić information content (AvgIpc) is 3.25. The SMILES string of the molecule is COCCN(Cc1ccc(-c2ccccc2)s1)CC1CCCO1. The van der Waals surface area contributed by atoms with E-state index in [4.69, 9.17) is 9.47 Å². The highest BCUT2D eigenvalue weighted by atomic mass is 32.1. The van der Waals surface area contributed by atoms with Crippen LogP contribution in [0.1, 0.15) is 17.7 Å². The number of methoxy groups -OCH3 is 1. The van der Waals surface area contributed by atoms with Gasteiger partial charge in [0.2, 0.25) is 0 Å². The van der Waals surface area contributed by atoms with E-state index in [2.05, 4.69) is 47.4 Å². The van der Waals surface area contributed by atoms with Gasteiger partial charge in [0.15, 0.2) is 0 Å².